The van der Waals surface area contributed by atoms with E-state index in [2.05, 4.69) is 37.4 Å². The van der Waals surface area contributed by atoms with Crippen molar-refractivity contribution in [2.45, 2.75) is 43.9 Å². The fourth-order valence-corrected chi connectivity index (χ4v) is 3.10. The second kappa shape index (κ2) is 7.50. The minimum absolute atomic E-state index is 0.0191. The molecule has 3 heteroatoms. The van der Waals surface area contributed by atoms with Crippen molar-refractivity contribution in [2.24, 2.45) is 0 Å². The number of aryl methyl sites for hydroxylation is 2. The number of hydrogen-bond donors (Lipinski definition) is 1. The van der Waals surface area contributed by atoms with E-state index < -0.39 is 0 Å². The summed E-state index contributed by atoms with van der Waals surface area (Å²) in [5.74, 6) is 0.0691. The van der Waals surface area contributed by atoms with Crippen LogP contribution < -0.4 is 5.32 Å². The van der Waals surface area contributed by atoms with Gasteiger partial charge in [0.25, 0.3) is 0 Å². The third kappa shape index (κ3) is 4.38. The molecule has 1 amide bonds. The van der Waals surface area contributed by atoms with Crippen LogP contribution in [0.2, 0.25) is 0 Å². The Morgan fingerprint density at radius 2 is 1.68 bits per heavy atom. The average molecular weight is 313 g/mol. The molecule has 0 radical (unpaired) electrons. The maximum absolute atomic E-state index is 12.4. The van der Waals surface area contributed by atoms with Crippen LogP contribution in [0.4, 0.5) is 0 Å². The highest BCUT2D eigenvalue weighted by Crippen LogP contribution is 2.24. The van der Waals surface area contributed by atoms with Gasteiger partial charge in [0.15, 0.2) is 0 Å². The number of carbonyl (C=O) groups is 1. The summed E-state index contributed by atoms with van der Waals surface area (Å²) in [5, 5.41) is 2.99. The van der Waals surface area contributed by atoms with Crippen LogP contribution in [0.25, 0.3) is 0 Å². The van der Waals surface area contributed by atoms with Gasteiger partial charge < -0.3 is 5.32 Å². The Bertz CT molecular complexity index is 639. The van der Waals surface area contributed by atoms with Crippen molar-refractivity contribution in [3.63, 3.8) is 0 Å². The van der Waals surface area contributed by atoms with Crippen LogP contribution >= 0.6 is 11.8 Å². The number of hydrogen-bond acceptors (Lipinski definition) is 2. The molecular weight excluding hydrogens is 290 g/mol. The van der Waals surface area contributed by atoms with Crippen molar-refractivity contribution >= 4 is 17.7 Å². The number of rotatable bonds is 5. The highest BCUT2D eigenvalue weighted by Gasteiger charge is 2.17. The Kier molecular flexibility index (Phi) is 5.67. The highest BCUT2D eigenvalue weighted by molar-refractivity contribution is 8.00. The van der Waals surface area contributed by atoms with Gasteiger partial charge in [-0.25, -0.2) is 0 Å². The maximum atomic E-state index is 12.4. The lowest BCUT2D eigenvalue weighted by Gasteiger charge is -2.18. The van der Waals surface area contributed by atoms with E-state index in [1.165, 1.54) is 11.1 Å². The van der Waals surface area contributed by atoms with E-state index in [0.717, 1.165) is 10.5 Å². The lowest BCUT2D eigenvalue weighted by atomic mass is 10.0. The van der Waals surface area contributed by atoms with Gasteiger partial charge in [-0.2, -0.15) is 0 Å². The molecule has 0 unspecified atom stereocenters. The zero-order valence-electron chi connectivity index (χ0n) is 13.6. The van der Waals surface area contributed by atoms with E-state index >= 15 is 0 Å². The first kappa shape index (κ1) is 16.6. The average Bonchev–Trinajstić information content (AvgIpc) is 2.50. The lowest BCUT2D eigenvalue weighted by molar-refractivity contribution is -0.120. The van der Waals surface area contributed by atoms with Gasteiger partial charge in [-0.3, -0.25) is 4.79 Å². The van der Waals surface area contributed by atoms with Gasteiger partial charge in [0, 0.05) is 4.90 Å². The molecule has 0 heterocycles. The molecular formula is C19H23NOS. The topological polar surface area (TPSA) is 29.1 Å². The van der Waals surface area contributed by atoms with Crippen molar-refractivity contribution in [3.05, 3.63) is 65.2 Å². The Morgan fingerprint density at radius 1 is 1.00 bits per heavy atom. The Hall–Kier alpha value is -1.74. The van der Waals surface area contributed by atoms with Crippen molar-refractivity contribution in [1.29, 1.82) is 0 Å². The summed E-state index contributed by atoms with van der Waals surface area (Å²) in [6.45, 7) is 8.17. The third-order valence-corrected chi connectivity index (χ3v) is 4.93. The molecule has 0 aliphatic heterocycles. The SMILES string of the molecule is Cc1ccc([C@@H](C)NC(=O)[C@H](C)Sc2ccccc2)cc1C. The molecule has 2 aromatic rings. The predicted molar refractivity (Wildman–Crippen MR) is 94.2 cm³/mol. The van der Waals surface area contributed by atoms with Gasteiger partial charge >= 0.3 is 0 Å². The maximum Gasteiger partial charge on any atom is 0.233 e. The summed E-state index contributed by atoms with van der Waals surface area (Å²) in [6, 6.07) is 16.4. The lowest BCUT2D eigenvalue weighted by Crippen LogP contribution is -2.33. The molecule has 0 saturated carbocycles. The summed E-state index contributed by atoms with van der Waals surface area (Å²) < 4.78 is 0. The summed E-state index contributed by atoms with van der Waals surface area (Å²) in [6.07, 6.45) is 0. The number of nitrogens with one attached hydrogen (secondary N) is 1. The summed E-state index contributed by atoms with van der Waals surface area (Å²) in [4.78, 5) is 13.5. The zero-order valence-corrected chi connectivity index (χ0v) is 14.4. The van der Waals surface area contributed by atoms with E-state index in [-0.39, 0.29) is 17.2 Å². The Balaban J connectivity index is 1.96. The van der Waals surface area contributed by atoms with Crippen molar-refractivity contribution in [3.8, 4) is 0 Å². The van der Waals surface area contributed by atoms with Gasteiger partial charge in [-0.1, -0.05) is 36.4 Å². The Morgan fingerprint density at radius 3 is 2.32 bits per heavy atom. The zero-order chi connectivity index (χ0) is 16.1. The van der Waals surface area contributed by atoms with Crippen molar-refractivity contribution in [2.75, 3.05) is 0 Å². The van der Waals surface area contributed by atoms with Crippen LogP contribution in [0.1, 0.15) is 36.6 Å². The van der Waals surface area contributed by atoms with Gasteiger partial charge in [0.2, 0.25) is 5.91 Å². The van der Waals surface area contributed by atoms with Crippen LogP contribution in [-0.4, -0.2) is 11.2 Å². The van der Waals surface area contributed by atoms with Crippen molar-refractivity contribution in [1.82, 2.24) is 5.32 Å². The number of carbonyl (C=O) groups excluding carboxylic acids is 1. The van der Waals surface area contributed by atoms with Gasteiger partial charge in [0.1, 0.15) is 0 Å². The van der Waals surface area contributed by atoms with E-state index in [4.69, 9.17) is 0 Å². The second-order valence-corrected chi connectivity index (χ2v) is 7.06. The van der Waals surface area contributed by atoms with Gasteiger partial charge in [-0.05, 0) is 56.5 Å². The number of benzene rings is 2. The van der Waals surface area contributed by atoms with Crippen LogP contribution in [0.15, 0.2) is 53.4 Å². The van der Waals surface area contributed by atoms with Crippen LogP contribution in [0, 0.1) is 13.8 Å². The molecule has 2 aromatic carbocycles. The van der Waals surface area contributed by atoms with E-state index in [9.17, 15) is 4.79 Å². The molecule has 0 saturated heterocycles. The standard InChI is InChI=1S/C19H23NOS/c1-13-10-11-17(12-14(13)2)15(3)20-19(21)16(4)22-18-8-6-5-7-9-18/h5-12,15-16H,1-4H3,(H,20,21)/t15-,16+/m1/s1. The molecule has 2 nitrogen and oxygen atoms in total. The molecule has 0 spiro atoms. The van der Waals surface area contributed by atoms with E-state index in [1.54, 1.807) is 11.8 Å². The van der Waals surface area contributed by atoms with Gasteiger partial charge in [-0.15, -0.1) is 11.8 Å². The van der Waals surface area contributed by atoms with Crippen LogP contribution in [-0.2, 0) is 4.79 Å². The second-order valence-electron chi connectivity index (χ2n) is 5.65. The molecule has 0 aliphatic rings. The molecule has 1 N–H and O–H groups in total. The predicted octanol–water partition coefficient (Wildman–Crippen LogP) is 4.66. The fraction of sp³-hybridized carbons (Fsp3) is 0.316. The molecule has 0 aromatic heterocycles. The monoisotopic (exact) mass is 313 g/mol. The molecule has 0 aliphatic carbocycles. The number of thioether (sulfide) groups is 1. The minimum atomic E-state index is -0.114. The highest BCUT2D eigenvalue weighted by atomic mass is 32.2. The first-order chi connectivity index (χ1) is 10.5. The van der Waals surface area contributed by atoms with Crippen LogP contribution in [0.5, 0.6) is 0 Å². The normalized spacial score (nSPS) is 13.5. The molecule has 0 bridgehead atoms. The van der Waals surface area contributed by atoms with E-state index in [0.29, 0.717) is 0 Å². The minimum Gasteiger partial charge on any atom is -0.349 e. The first-order valence-corrected chi connectivity index (χ1v) is 8.44. The fourth-order valence-electron chi connectivity index (χ4n) is 2.20. The molecule has 22 heavy (non-hydrogen) atoms. The third-order valence-electron chi connectivity index (χ3n) is 3.82. The Labute approximate surface area is 137 Å². The summed E-state index contributed by atoms with van der Waals surface area (Å²) in [7, 11) is 0. The summed E-state index contributed by atoms with van der Waals surface area (Å²) in [5.41, 5.74) is 3.67. The molecule has 116 valence electrons. The summed E-state index contributed by atoms with van der Waals surface area (Å²) >= 11 is 1.58. The smallest absolute Gasteiger partial charge is 0.233 e. The van der Waals surface area contributed by atoms with Crippen LogP contribution in [0.3, 0.4) is 0 Å². The van der Waals surface area contributed by atoms with Gasteiger partial charge in [0.05, 0.1) is 11.3 Å². The largest absolute Gasteiger partial charge is 0.349 e. The molecule has 0 fully saturated rings. The molecule has 2 atom stereocenters. The number of amides is 1. The quantitative estimate of drug-likeness (QED) is 0.813. The molecule has 2 rings (SSSR count). The van der Waals surface area contributed by atoms with E-state index in [1.807, 2.05) is 44.2 Å². The van der Waals surface area contributed by atoms with Crippen molar-refractivity contribution < 1.29 is 4.79 Å². The first-order valence-electron chi connectivity index (χ1n) is 7.56.